The third-order valence-electron chi connectivity index (χ3n) is 5.47. The van der Waals surface area contributed by atoms with Crippen LogP contribution in [0.3, 0.4) is 0 Å². The number of para-hydroxylation sites is 1. The highest BCUT2D eigenvalue weighted by atomic mass is 16.5. The normalized spacial score (nSPS) is 26.2. The van der Waals surface area contributed by atoms with Crippen LogP contribution in [0.25, 0.3) is 0 Å². The number of hydrogen-bond donors (Lipinski definition) is 1. The first kappa shape index (κ1) is 16.5. The molecule has 6 nitrogen and oxygen atoms in total. The van der Waals surface area contributed by atoms with E-state index in [1.165, 1.54) is 5.56 Å². The second-order valence-corrected chi connectivity index (χ2v) is 7.06. The topological polar surface area (TPSA) is 61.9 Å². The maximum atomic E-state index is 12.9. The molecule has 0 saturated carbocycles. The molecule has 1 aromatic carbocycles. The molecule has 2 fully saturated rings. The Morgan fingerprint density at radius 3 is 2.96 bits per heavy atom. The van der Waals surface area contributed by atoms with Gasteiger partial charge in [0.2, 0.25) is 11.8 Å². The summed E-state index contributed by atoms with van der Waals surface area (Å²) in [5.41, 5.74) is 2.23. The number of nitrogens with zero attached hydrogens (tertiary/aromatic N) is 2. The summed E-state index contributed by atoms with van der Waals surface area (Å²) in [5.74, 6) is 0.646. The lowest BCUT2D eigenvalue weighted by molar-refractivity contribution is -0.128. The van der Waals surface area contributed by atoms with Crippen LogP contribution >= 0.6 is 0 Å². The highest BCUT2D eigenvalue weighted by molar-refractivity contribution is 5.99. The van der Waals surface area contributed by atoms with Crippen molar-refractivity contribution in [2.75, 3.05) is 44.3 Å². The highest BCUT2D eigenvalue weighted by Crippen LogP contribution is 2.38. The van der Waals surface area contributed by atoms with Crippen molar-refractivity contribution in [3.8, 4) is 0 Å². The number of likely N-dealkylation sites (tertiary alicyclic amines) is 1. The fourth-order valence-corrected chi connectivity index (χ4v) is 4.12. The van der Waals surface area contributed by atoms with Gasteiger partial charge in [-0.2, -0.15) is 0 Å². The van der Waals surface area contributed by atoms with Crippen molar-refractivity contribution in [3.05, 3.63) is 29.8 Å². The molecule has 0 spiro atoms. The van der Waals surface area contributed by atoms with E-state index < -0.39 is 0 Å². The van der Waals surface area contributed by atoms with Crippen LogP contribution in [0.4, 0.5) is 5.69 Å². The van der Waals surface area contributed by atoms with Crippen LogP contribution in [-0.4, -0.2) is 62.1 Å². The molecule has 0 bridgehead atoms. The fourth-order valence-electron chi connectivity index (χ4n) is 4.12. The zero-order chi connectivity index (χ0) is 17.2. The number of carbonyl (C=O) groups excluding carboxylic acids is 2. The molecule has 6 heteroatoms. The molecule has 134 valence electrons. The second kappa shape index (κ2) is 7.14. The van der Waals surface area contributed by atoms with Gasteiger partial charge in [-0.25, -0.2) is 0 Å². The average molecular weight is 343 g/mol. The molecule has 0 unspecified atom stereocenters. The van der Waals surface area contributed by atoms with Gasteiger partial charge < -0.3 is 19.9 Å². The molecule has 0 radical (unpaired) electrons. The lowest BCUT2D eigenvalue weighted by Crippen LogP contribution is -2.52. The molecule has 3 aliphatic heterocycles. The van der Waals surface area contributed by atoms with Crippen molar-refractivity contribution in [1.29, 1.82) is 0 Å². The number of ether oxygens (including phenoxy) is 1. The van der Waals surface area contributed by atoms with Crippen LogP contribution in [0, 0.1) is 0 Å². The molecule has 25 heavy (non-hydrogen) atoms. The maximum absolute atomic E-state index is 12.9. The van der Waals surface area contributed by atoms with Gasteiger partial charge in [0.1, 0.15) is 6.04 Å². The van der Waals surface area contributed by atoms with Gasteiger partial charge in [-0.1, -0.05) is 18.2 Å². The number of hydrogen-bond acceptors (Lipinski definition) is 4. The third-order valence-corrected chi connectivity index (χ3v) is 5.47. The predicted molar refractivity (Wildman–Crippen MR) is 94.6 cm³/mol. The lowest BCUT2D eigenvalue weighted by Gasteiger charge is -2.28. The first-order valence-corrected chi connectivity index (χ1v) is 9.23. The smallest absolute Gasteiger partial charge is 0.246 e. The van der Waals surface area contributed by atoms with Crippen molar-refractivity contribution < 1.29 is 14.3 Å². The molecular weight excluding hydrogens is 318 g/mol. The van der Waals surface area contributed by atoms with Crippen LogP contribution in [-0.2, 0) is 14.3 Å². The van der Waals surface area contributed by atoms with E-state index in [4.69, 9.17) is 4.74 Å². The Labute approximate surface area is 148 Å². The van der Waals surface area contributed by atoms with Crippen LogP contribution < -0.4 is 10.2 Å². The van der Waals surface area contributed by atoms with Gasteiger partial charge in [-0.15, -0.1) is 0 Å². The number of carbonyl (C=O) groups is 2. The first-order chi connectivity index (χ1) is 12.2. The monoisotopic (exact) mass is 343 g/mol. The largest absolute Gasteiger partial charge is 0.378 e. The Morgan fingerprint density at radius 2 is 2.20 bits per heavy atom. The zero-order valence-corrected chi connectivity index (χ0v) is 14.4. The van der Waals surface area contributed by atoms with Crippen molar-refractivity contribution in [2.24, 2.45) is 0 Å². The van der Waals surface area contributed by atoms with Crippen molar-refractivity contribution in [1.82, 2.24) is 10.2 Å². The predicted octanol–water partition coefficient (Wildman–Crippen LogP) is 1.12. The summed E-state index contributed by atoms with van der Waals surface area (Å²) < 4.78 is 5.45. The van der Waals surface area contributed by atoms with E-state index in [1.54, 1.807) is 0 Å². The standard InChI is InChI=1S/C19H25N3O3/c23-18-6-3-9-21(18)10-7-14-12-22(17-5-2-1-4-15(14)17)19(24)16-13-25-11-8-20-16/h1-2,4-5,14,16,20H,3,6-13H2/t14-,16-/m1/s1. The summed E-state index contributed by atoms with van der Waals surface area (Å²) >= 11 is 0. The number of fused-ring (bicyclic) bond motifs is 1. The van der Waals surface area contributed by atoms with Gasteiger partial charge >= 0.3 is 0 Å². The van der Waals surface area contributed by atoms with Gasteiger partial charge in [0.05, 0.1) is 13.2 Å². The number of nitrogens with one attached hydrogen (secondary N) is 1. The van der Waals surface area contributed by atoms with Crippen LogP contribution in [0.15, 0.2) is 24.3 Å². The number of amides is 2. The van der Waals surface area contributed by atoms with Gasteiger partial charge in [-0.05, 0) is 24.5 Å². The first-order valence-electron chi connectivity index (χ1n) is 9.23. The van der Waals surface area contributed by atoms with Gasteiger partial charge in [0, 0.05) is 44.2 Å². The molecule has 0 aromatic heterocycles. The Bertz CT molecular complexity index is 657. The molecule has 2 amide bonds. The maximum Gasteiger partial charge on any atom is 0.246 e. The molecule has 1 N–H and O–H groups in total. The van der Waals surface area contributed by atoms with E-state index in [2.05, 4.69) is 11.4 Å². The van der Waals surface area contributed by atoms with E-state index >= 15 is 0 Å². The molecule has 4 rings (SSSR count). The second-order valence-electron chi connectivity index (χ2n) is 7.06. The summed E-state index contributed by atoms with van der Waals surface area (Å²) in [6, 6.07) is 7.89. The van der Waals surface area contributed by atoms with Gasteiger partial charge in [0.15, 0.2) is 0 Å². The van der Waals surface area contributed by atoms with Gasteiger partial charge in [-0.3, -0.25) is 9.59 Å². The van der Waals surface area contributed by atoms with Gasteiger partial charge in [0.25, 0.3) is 0 Å². The zero-order valence-electron chi connectivity index (χ0n) is 14.4. The minimum atomic E-state index is -0.263. The minimum absolute atomic E-state index is 0.0897. The third kappa shape index (κ3) is 3.28. The van der Waals surface area contributed by atoms with E-state index in [0.29, 0.717) is 32.7 Å². The van der Waals surface area contributed by atoms with E-state index in [0.717, 1.165) is 31.6 Å². The summed E-state index contributed by atoms with van der Waals surface area (Å²) in [4.78, 5) is 28.6. The average Bonchev–Trinajstić information content (AvgIpc) is 3.23. The minimum Gasteiger partial charge on any atom is -0.378 e. The summed E-state index contributed by atoms with van der Waals surface area (Å²) in [7, 11) is 0. The fraction of sp³-hybridized carbons (Fsp3) is 0.579. The quantitative estimate of drug-likeness (QED) is 0.890. The molecule has 1 aromatic rings. The molecule has 2 atom stereocenters. The van der Waals surface area contributed by atoms with Crippen LogP contribution in [0.1, 0.15) is 30.7 Å². The number of benzene rings is 1. The molecule has 2 saturated heterocycles. The Kier molecular flexibility index (Phi) is 4.72. The summed E-state index contributed by atoms with van der Waals surface area (Å²) in [6.07, 6.45) is 2.55. The Morgan fingerprint density at radius 1 is 1.32 bits per heavy atom. The molecule has 3 aliphatic rings. The molecule has 3 heterocycles. The van der Waals surface area contributed by atoms with Crippen molar-refractivity contribution >= 4 is 17.5 Å². The number of anilines is 1. The van der Waals surface area contributed by atoms with E-state index in [1.807, 2.05) is 28.0 Å². The van der Waals surface area contributed by atoms with Crippen LogP contribution in [0.2, 0.25) is 0 Å². The Hall–Kier alpha value is -1.92. The van der Waals surface area contributed by atoms with Crippen LogP contribution in [0.5, 0.6) is 0 Å². The summed E-state index contributed by atoms with van der Waals surface area (Å²) in [6.45, 7) is 4.16. The number of morpholine rings is 1. The Balaban J connectivity index is 1.47. The highest BCUT2D eigenvalue weighted by Gasteiger charge is 2.36. The van der Waals surface area contributed by atoms with E-state index in [-0.39, 0.29) is 23.8 Å². The molecular formula is C19H25N3O3. The van der Waals surface area contributed by atoms with E-state index in [9.17, 15) is 9.59 Å². The molecule has 0 aliphatic carbocycles. The lowest BCUT2D eigenvalue weighted by atomic mass is 9.98. The van der Waals surface area contributed by atoms with Crippen molar-refractivity contribution in [2.45, 2.75) is 31.2 Å². The van der Waals surface area contributed by atoms with Crippen molar-refractivity contribution in [3.63, 3.8) is 0 Å². The summed E-state index contributed by atoms with van der Waals surface area (Å²) in [5, 5.41) is 3.25. The number of rotatable bonds is 4. The SMILES string of the molecule is O=C1CCCN1CC[C@@H]1CN(C(=O)[C@H]2COCCN2)c2ccccc21.